The maximum Gasteiger partial charge on any atom is 0.251 e. The van der Waals surface area contributed by atoms with Crippen molar-refractivity contribution < 1.29 is 19.4 Å². The first-order valence-electron chi connectivity index (χ1n) is 9.20. The lowest BCUT2D eigenvalue weighted by Crippen LogP contribution is -2.51. The van der Waals surface area contributed by atoms with E-state index in [0.29, 0.717) is 32.8 Å². The van der Waals surface area contributed by atoms with Crippen molar-refractivity contribution in [2.24, 2.45) is 0 Å². The Morgan fingerprint density at radius 1 is 1.28 bits per heavy atom. The van der Waals surface area contributed by atoms with E-state index < -0.39 is 6.10 Å². The minimum Gasteiger partial charge on any atom is -0.506 e. The van der Waals surface area contributed by atoms with Gasteiger partial charge in [0.1, 0.15) is 11.9 Å². The summed E-state index contributed by atoms with van der Waals surface area (Å²) in [6.45, 7) is 5.81. The molecule has 0 aliphatic carbocycles. The number of anilines is 1. The molecule has 2 saturated heterocycles. The summed E-state index contributed by atoms with van der Waals surface area (Å²) in [5.41, 5.74) is 0.827. The van der Waals surface area contributed by atoms with Gasteiger partial charge in [-0.1, -0.05) is 12.1 Å². The first kappa shape index (κ1) is 18.0. The van der Waals surface area contributed by atoms with Gasteiger partial charge in [0.25, 0.3) is 5.91 Å². The van der Waals surface area contributed by atoms with Crippen LogP contribution in [-0.2, 0) is 14.3 Å². The lowest BCUT2D eigenvalue weighted by atomic mass is 10.1. The van der Waals surface area contributed by atoms with Crippen molar-refractivity contribution in [1.82, 2.24) is 4.90 Å². The molecular weight excluding hydrogens is 320 g/mol. The highest BCUT2D eigenvalue weighted by atomic mass is 16.5. The molecule has 2 aliphatic rings. The van der Waals surface area contributed by atoms with Crippen LogP contribution in [0.5, 0.6) is 5.75 Å². The monoisotopic (exact) mass is 348 g/mol. The second-order valence-corrected chi connectivity index (χ2v) is 6.77. The van der Waals surface area contributed by atoms with Gasteiger partial charge in [-0.05, 0) is 38.3 Å². The summed E-state index contributed by atoms with van der Waals surface area (Å²) in [6.07, 6.45) is 2.99. The van der Waals surface area contributed by atoms with Crippen LogP contribution in [0.25, 0.3) is 0 Å². The number of phenols is 1. The average Bonchev–Trinajstić information content (AvgIpc) is 2.67. The molecule has 0 radical (unpaired) electrons. The normalized spacial score (nSPS) is 22.7. The van der Waals surface area contributed by atoms with E-state index in [2.05, 4.69) is 4.90 Å². The smallest absolute Gasteiger partial charge is 0.251 e. The van der Waals surface area contributed by atoms with Crippen LogP contribution in [-0.4, -0.2) is 67.5 Å². The number of piperazine rings is 1. The van der Waals surface area contributed by atoms with E-state index in [1.807, 2.05) is 30.0 Å². The van der Waals surface area contributed by atoms with Crippen molar-refractivity contribution in [1.29, 1.82) is 0 Å². The Morgan fingerprint density at radius 3 is 2.72 bits per heavy atom. The summed E-state index contributed by atoms with van der Waals surface area (Å²) in [5, 5.41) is 9.97. The van der Waals surface area contributed by atoms with Crippen LogP contribution in [0.4, 0.5) is 5.69 Å². The quantitative estimate of drug-likeness (QED) is 0.882. The molecule has 2 fully saturated rings. The Morgan fingerprint density at radius 2 is 2.04 bits per heavy atom. The summed E-state index contributed by atoms with van der Waals surface area (Å²) >= 11 is 0. The van der Waals surface area contributed by atoms with Crippen LogP contribution in [0.1, 0.15) is 26.2 Å². The summed E-state index contributed by atoms with van der Waals surface area (Å²) in [6, 6.07) is 7.32. The second-order valence-electron chi connectivity index (χ2n) is 6.77. The van der Waals surface area contributed by atoms with Crippen molar-refractivity contribution in [3.8, 4) is 5.75 Å². The predicted molar refractivity (Wildman–Crippen MR) is 95.9 cm³/mol. The molecule has 3 rings (SSSR count). The van der Waals surface area contributed by atoms with E-state index >= 15 is 0 Å². The highest BCUT2D eigenvalue weighted by Crippen LogP contribution is 2.27. The molecule has 0 saturated carbocycles. The Bertz CT molecular complexity index is 566. The Hall–Kier alpha value is -1.79. The molecule has 0 spiro atoms. The number of hydrogen-bond acceptors (Lipinski definition) is 5. The fourth-order valence-electron chi connectivity index (χ4n) is 3.42. The number of nitrogens with zero attached hydrogens (tertiary/aromatic N) is 2. The van der Waals surface area contributed by atoms with Crippen LogP contribution in [0.2, 0.25) is 0 Å². The van der Waals surface area contributed by atoms with Crippen LogP contribution < -0.4 is 4.90 Å². The van der Waals surface area contributed by atoms with E-state index in [0.717, 1.165) is 25.1 Å². The van der Waals surface area contributed by atoms with Crippen molar-refractivity contribution in [3.63, 3.8) is 0 Å². The van der Waals surface area contributed by atoms with Crippen LogP contribution >= 0.6 is 0 Å². The van der Waals surface area contributed by atoms with Crippen LogP contribution in [0.3, 0.4) is 0 Å². The molecule has 1 aromatic rings. The maximum absolute atomic E-state index is 12.6. The standard InChI is InChI=1S/C19H28N2O4/c1-15(25-14-16-6-4-5-13-24-16)19(23)21-11-9-20(10-12-21)17-7-2-3-8-18(17)22/h2-3,7-8,15-16,22H,4-6,9-14H2,1H3/t15-,16-/m0/s1. The number of rotatable bonds is 5. The largest absolute Gasteiger partial charge is 0.506 e. The molecule has 25 heavy (non-hydrogen) atoms. The van der Waals surface area contributed by atoms with Gasteiger partial charge in [0.05, 0.1) is 18.4 Å². The third-order valence-electron chi connectivity index (χ3n) is 4.97. The molecule has 0 aromatic heterocycles. The molecule has 2 heterocycles. The Labute approximate surface area is 149 Å². The lowest BCUT2D eigenvalue weighted by molar-refractivity contribution is -0.146. The molecule has 138 valence electrons. The van der Waals surface area contributed by atoms with Gasteiger partial charge in [0.15, 0.2) is 0 Å². The zero-order valence-corrected chi connectivity index (χ0v) is 14.9. The van der Waals surface area contributed by atoms with Gasteiger partial charge in [-0.2, -0.15) is 0 Å². The van der Waals surface area contributed by atoms with E-state index in [-0.39, 0.29) is 17.8 Å². The van der Waals surface area contributed by atoms with E-state index in [1.54, 1.807) is 6.07 Å². The number of carbonyl (C=O) groups excluding carboxylic acids is 1. The SMILES string of the molecule is C[C@H](OC[C@@H]1CCCCO1)C(=O)N1CCN(c2ccccc2O)CC1. The predicted octanol–water partition coefficient (Wildman–Crippen LogP) is 2.01. The fraction of sp³-hybridized carbons (Fsp3) is 0.632. The van der Waals surface area contributed by atoms with Crippen molar-refractivity contribution in [3.05, 3.63) is 24.3 Å². The fourth-order valence-corrected chi connectivity index (χ4v) is 3.42. The molecule has 6 nitrogen and oxygen atoms in total. The first-order chi connectivity index (χ1) is 12.1. The number of ether oxygens (including phenoxy) is 2. The van der Waals surface area contributed by atoms with Gasteiger partial charge < -0.3 is 24.4 Å². The third-order valence-corrected chi connectivity index (χ3v) is 4.97. The first-order valence-corrected chi connectivity index (χ1v) is 9.20. The number of phenolic OH excluding ortho intramolecular Hbond substituents is 1. The highest BCUT2D eigenvalue weighted by Gasteiger charge is 2.27. The summed E-state index contributed by atoms with van der Waals surface area (Å²) in [7, 11) is 0. The molecule has 6 heteroatoms. The second kappa shape index (κ2) is 8.54. The molecular formula is C19H28N2O4. The summed E-state index contributed by atoms with van der Waals surface area (Å²) < 4.78 is 11.4. The van der Waals surface area contributed by atoms with Crippen LogP contribution in [0, 0.1) is 0 Å². The zero-order valence-electron chi connectivity index (χ0n) is 14.9. The van der Waals surface area contributed by atoms with E-state index in [1.165, 1.54) is 6.42 Å². The molecule has 0 unspecified atom stereocenters. The zero-order chi connectivity index (χ0) is 17.6. The van der Waals surface area contributed by atoms with E-state index in [9.17, 15) is 9.90 Å². The van der Waals surface area contributed by atoms with Crippen molar-refractivity contribution in [2.45, 2.75) is 38.4 Å². The molecule has 2 aliphatic heterocycles. The van der Waals surface area contributed by atoms with Crippen molar-refractivity contribution in [2.75, 3.05) is 44.3 Å². The highest BCUT2D eigenvalue weighted by molar-refractivity contribution is 5.81. The maximum atomic E-state index is 12.6. The molecule has 1 N–H and O–H groups in total. The topological polar surface area (TPSA) is 62.2 Å². The third kappa shape index (κ3) is 4.64. The molecule has 1 amide bonds. The lowest BCUT2D eigenvalue weighted by Gasteiger charge is -2.37. The number of aromatic hydroxyl groups is 1. The van der Waals surface area contributed by atoms with Gasteiger partial charge in [0, 0.05) is 32.8 Å². The van der Waals surface area contributed by atoms with Gasteiger partial charge in [-0.25, -0.2) is 0 Å². The van der Waals surface area contributed by atoms with Gasteiger partial charge in [-0.3, -0.25) is 4.79 Å². The van der Waals surface area contributed by atoms with Crippen LogP contribution in [0.15, 0.2) is 24.3 Å². The number of hydrogen-bond donors (Lipinski definition) is 1. The number of para-hydroxylation sites is 2. The van der Waals surface area contributed by atoms with Crippen molar-refractivity contribution >= 4 is 11.6 Å². The number of carbonyl (C=O) groups is 1. The summed E-state index contributed by atoms with van der Waals surface area (Å²) in [5.74, 6) is 0.319. The number of amides is 1. The Balaban J connectivity index is 1.45. The minimum atomic E-state index is -0.442. The minimum absolute atomic E-state index is 0.0349. The van der Waals surface area contributed by atoms with E-state index in [4.69, 9.17) is 9.47 Å². The van der Waals surface area contributed by atoms with Gasteiger partial charge in [0.2, 0.25) is 0 Å². The number of benzene rings is 1. The van der Waals surface area contributed by atoms with Gasteiger partial charge >= 0.3 is 0 Å². The van der Waals surface area contributed by atoms with Gasteiger partial charge in [-0.15, -0.1) is 0 Å². The summed E-state index contributed by atoms with van der Waals surface area (Å²) in [4.78, 5) is 16.5. The molecule has 1 aromatic carbocycles. The molecule has 2 atom stereocenters. The average molecular weight is 348 g/mol. The molecule has 0 bridgehead atoms. The Kier molecular flexibility index (Phi) is 6.15.